The van der Waals surface area contributed by atoms with Gasteiger partial charge in [-0.15, -0.1) is 6.58 Å². The summed E-state index contributed by atoms with van der Waals surface area (Å²) < 4.78 is 5.99. The van der Waals surface area contributed by atoms with E-state index in [2.05, 4.69) is 25.9 Å². The Morgan fingerprint density at radius 2 is 1.94 bits per heavy atom. The number of nitrogens with two attached hydrogens (primary N) is 1. The van der Waals surface area contributed by atoms with Crippen LogP contribution in [0.25, 0.3) is 0 Å². The maximum atomic E-state index is 5.99. The molecule has 94 valence electrons. The molecule has 0 aliphatic heterocycles. The van der Waals surface area contributed by atoms with Crippen LogP contribution in [0.1, 0.15) is 46.5 Å². The molecule has 1 rings (SSSR count). The lowest BCUT2D eigenvalue weighted by molar-refractivity contribution is -0.0966. The van der Waals surface area contributed by atoms with Crippen LogP contribution in [0.15, 0.2) is 12.7 Å². The summed E-state index contributed by atoms with van der Waals surface area (Å²) in [4.78, 5) is 0. The number of ether oxygens (including phenoxy) is 1. The van der Waals surface area contributed by atoms with E-state index in [9.17, 15) is 0 Å². The van der Waals surface area contributed by atoms with Crippen molar-refractivity contribution in [1.82, 2.24) is 5.43 Å². The summed E-state index contributed by atoms with van der Waals surface area (Å²) in [6, 6.07) is 0.0450. The van der Waals surface area contributed by atoms with E-state index in [-0.39, 0.29) is 11.6 Å². The second-order valence-electron chi connectivity index (χ2n) is 5.54. The van der Waals surface area contributed by atoms with Crippen molar-refractivity contribution in [3.8, 4) is 0 Å². The Morgan fingerprint density at radius 3 is 2.31 bits per heavy atom. The fourth-order valence-electron chi connectivity index (χ4n) is 2.62. The number of nitrogens with one attached hydrogen (secondary N) is 1. The second kappa shape index (κ2) is 5.30. The van der Waals surface area contributed by atoms with Gasteiger partial charge in [0.05, 0.1) is 11.6 Å². The normalized spacial score (nSPS) is 25.0. The summed E-state index contributed by atoms with van der Waals surface area (Å²) >= 11 is 0. The molecule has 3 N–H and O–H groups in total. The van der Waals surface area contributed by atoms with Crippen LogP contribution < -0.4 is 11.3 Å². The van der Waals surface area contributed by atoms with E-state index >= 15 is 0 Å². The number of hydrazine groups is 1. The molecule has 1 unspecified atom stereocenters. The third-order valence-electron chi connectivity index (χ3n) is 3.86. The van der Waals surface area contributed by atoms with Crippen LogP contribution in [0.3, 0.4) is 0 Å². The molecule has 0 amide bonds. The van der Waals surface area contributed by atoms with Gasteiger partial charge < -0.3 is 4.74 Å². The highest BCUT2D eigenvalue weighted by Crippen LogP contribution is 2.43. The van der Waals surface area contributed by atoms with Gasteiger partial charge in [-0.3, -0.25) is 11.3 Å². The number of rotatable bonds is 5. The Hall–Kier alpha value is -0.380. The van der Waals surface area contributed by atoms with Crippen LogP contribution in [0.4, 0.5) is 0 Å². The van der Waals surface area contributed by atoms with Gasteiger partial charge in [-0.2, -0.15) is 0 Å². The third kappa shape index (κ3) is 2.84. The largest absolute Gasteiger partial charge is 0.373 e. The lowest BCUT2D eigenvalue weighted by Crippen LogP contribution is -2.56. The molecule has 1 aliphatic rings. The van der Waals surface area contributed by atoms with Crippen molar-refractivity contribution in [3.63, 3.8) is 0 Å². The van der Waals surface area contributed by atoms with Gasteiger partial charge in [-0.25, -0.2) is 0 Å². The van der Waals surface area contributed by atoms with Crippen molar-refractivity contribution < 1.29 is 4.74 Å². The van der Waals surface area contributed by atoms with Gasteiger partial charge in [0, 0.05) is 6.61 Å². The predicted molar refractivity (Wildman–Crippen MR) is 67.9 cm³/mol. The molecule has 0 aromatic carbocycles. The molecule has 0 aromatic heterocycles. The summed E-state index contributed by atoms with van der Waals surface area (Å²) in [7, 11) is 0. The van der Waals surface area contributed by atoms with Crippen molar-refractivity contribution in [1.29, 1.82) is 0 Å². The van der Waals surface area contributed by atoms with Crippen LogP contribution in [0.5, 0.6) is 0 Å². The molecule has 0 bridgehead atoms. The first kappa shape index (κ1) is 13.7. The molecule has 16 heavy (non-hydrogen) atoms. The molecule has 0 spiro atoms. The first-order valence-electron chi connectivity index (χ1n) is 6.22. The van der Waals surface area contributed by atoms with Crippen molar-refractivity contribution in [2.45, 2.75) is 58.1 Å². The topological polar surface area (TPSA) is 47.3 Å². The third-order valence-corrected chi connectivity index (χ3v) is 3.86. The van der Waals surface area contributed by atoms with E-state index in [1.807, 2.05) is 13.0 Å². The highest BCUT2D eigenvalue weighted by molar-refractivity contribution is 5.05. The lowest BCUT2D eigenvalue weighted by atomic mass is 9.68. The average molecular weight is 226 g/mol. The summed E-state index contributed by atoms with van der Waals surface area (Å²) in [5, 5.41) is 0. The Bertz CT molecular complexity index is 228. The zero-order chi connectivity index (χ0) is 12.2. The van der Waals surface area contributed by atoms with Crippen LogP contribution >= 0.6 is 0 Å². The Labute approximate surface area is 99.4 Å². The maximum Gasteiger partial charge on any atom is 0.0883 e. The molecule has 3 heteroatoms. The zero-order valence-electron chi connectivity index (χ0n) is 10.9. The summed E-state index contributed by atoms with van der Waals surface area (Å²) in [5.74, 6) is 5.60. The van der Waals surface area contributed by atoms with Crippen LogP contribution in [0, 0.1) is 5.41 Å². The van der Waals surface area contributed by atoms with E-state index in [0.29, 0.717) is 5.41 Å². The molecular weight excluding hydrogens is 200 g/mol. The van der Waals surface area contributed by atoms with Gasteiger partial charge in [-0.05, 0) is 38.0 Å². The minimum atomic E-state index is -0.152. The molecular formula is C13H26N2O. The van der Waals surface area contributed by atoms with E-state index < -0.39 is 0 Å². The summed E-state index contributed by atoms with van der Waals surface area (Å²) in [6.45, 7) is 11.3. The Morgan fingerprint density at radius 1 is 1.38 bits per heavy atom. The fraction of sp³-hybridized carbons (Fsp3) is 0.846. The molecule has 1 atom stereocenters. The Balaban J connectivity index is 2.78. The molecule has 0 radical (unpaired) electrons. The predicted octanol–water partition coefficient (Wildman–Crippen LogP) is 2.38. The van der Waals surface area contributed by atoms with Crippen molar-refractivity contribution >= 4 is 0 Å². The van der Waals surface area contributed by atoms with E-state index in [1.54, 1.807) is 0 Å². The minimum Gasteiger partial charge on any atom is -0.373 e. The maximum absolute atomic E-state index is 5.99. The van der Waals surface area contributed by atoms with Gasteiger partial charge in [0.2, 0.25) is 0 Å². The van der Waals surface area contributed by atoms with E-state index in [4.69, 9.17) is 10.6 Å². The molecule has 1 fully saturated rings. The van der Waals surface area contributed by atoms with E-state index in [0.717, 1.165) is 19.4 Å². The van der Waals surface area contributed by atoms with Crippen molar-refractivity contribution in [2.24, 2.45) is 11.3 Å². The van der Waals surface area contributed by atoms with Crippen molar-refractivity contribution in [2.75, 3.05) is 6.61 Å². The average Bonchev–Trinajstić information content (AvgIpc) is 2.24. The zero-order valence-corrected chi connectivity index (χ0v) is 10.9. The number of hydrogen-bond donors (Lipinski definition) is 2. The Kier molecular flexibility index (Phi) is 4.53. The molecule has 1 aliphatic carbocycles. The van der Waals surface area contributed by atoms with Gasteiger partial charge in [0.1, 0.15) is 0 Å². The van der Waals surface area contributed by atoms with Crippen LogP contribution in [-0.4, -0.2) is 18.2 Å². The minimum absolute atomic E-state index is 0.0450. The lowest BCUT2D eigenvalue weighted by Gasteiger charge is -2.46. The highest BCUT2D eigenvalue weighted by Gasteiger charge is 2.43. The standard InChI is InChI=1S/C13H26N2O/c1-5-11(15-14)13(16-6-2)9-7-12(3,4)8-10-13/h5,11,15H,1,6-10,14H2,2-4H3. The molecule has 1 saturated carbocycles. The molecule has 3 nitrogen and oxygen atoms in total. The first-order chi connectivity index (χ1) is 7.49. The molecule has 0 heterocycles. The fourth-order valence-corrected chi connectivity index (χ4v) is 2.62. The number of hydrogen-bond acceptors (Lipinski definition) is 3. The van der Waals surface area contributed by atoms with Gasteiger partial charge in [0.25, 0.3) is 0 Å². The summed E-state index contributed by atoms with van der Waals surface area (Å²) in [6.07, 6.45) is 6.33. The first-order valence-corrected chi connectivity index (χ1v) is 6.22. The highest BCUT2D eigenvalue weighted by atomic mass is 16.5. The van der Waals surface area contributed by atoms with E-state index in [1.165, 1.54) is 12.8 Å². The molecule has 0 aromatic rings. The smallest absolute Gasteiger partial charge is 0.0883 e. The SMILES string of the molecule is C=CC(NN)C1(OCC)CCC(C)(C)CC1. The van der Waals surface area contributed by atoms with Crippen molar-refractivity contribution in [3.05, 3.63) is 12.7 Å². The van der Waals surface area contributed by atoms with Gasteiger partial charge in [0.15, 0.2) is 0 Å². The monoisotopic (exact) mass is 226 g/mol. The van der Waals surface area contributed by atoms with Gasteiger partial charge in [-0.1, -0.05) is 19.9 Å². The molecule has 0 saturated heterocycles. The van der Waals surface area contributed by atoms with Crippen LogP contribution in [-0.2, 0) is 4.74 Å². The van der Waals surface area contributed by atoms with Crippen LogP contribution in [0.2, 0.25) is 0 Å². The quantitative estimate of drug-likeness (QED) is 0.430. The second-order valence-corrected chi connectivity index (χ2v) is 5.54. The summed E-state index contributed by atoms with van der Waals surface area (Å²) in [5.41, 5.74) is 3.11. The van der Waals surface area contributed by atoms with Gasteiger partial charge >= 0.3 is 0 Å².